The van der Waals surface area contributed by atoms with Crippen LogP contribution in [-0.2, 0) is 20.9 Å². The van der Waals surface area contributed by atoms with E-state index < -0.39 is 6.04 Å². The van der Waals surface area contributed by atoms with E-state index in [2.05, 4.69) is 39.0 Å². The van der Waals surface area contributed by atoms with Crippen molar-refractivity contribution >= 4 is 17.6 Å². The molecule has 0 aliphatic heterocycles. The molecule has 0 spiro atoms. The number of ether oxygens (including phenoxy) is 1. The molecule has 3 N–H and O–H groups in total. The Morgan fingerprint density at radius 2 is 1.77 bits per heavy atom. The first-order valence-corrected chi connectivity index (χ1v) is 14.8. The maximum absolute atomic E-state index is 13.4. The number of nitrogens with zero attached hydrogens (tertiary/aromatic N) is 4. The number of methoxy groups -OCH3 is 1. The van der Waals surface area contributed by atoms with Crippen LogP contribution in [0.2, 0.25) is 0 Å². The van der Waals surface area contributed by atoms with E-state index in [4.69, 9.17) is 10.00 Å². The van der Waals surface area contributed by atoms with Crippen molar-refractivity contribution < 1.29 is 14.3 Å². The van der Waals surface area contributed by atoms with Crippen molar-refractivity contribution in [2.75, 3.05) is 32.1 Å². The number of carbonyl (C=O) groups excluding carboxylic acids is 2. The van der Waals surface area contributed by atoms with Crippen molar-refractivity contribution in [1.29, 1.82) is 5.26 Å². The highest BCUT2D eigenvalue weighted by Gasteiger charge is 2.22. The Kier molecular flexibility index (Phi) is 12.2. The zero-order chi connectivity index (χ0) is 31.1. The van der Waals surface area contributed by atoms with E-state index in [0.29, 0.717) is 44.0 Å². The second kappa shape index (κ2) is 16.7. The van der Waals surface area contributed by atoms with Crippen LogP contribution in [0.1, 0.15) is 54.8 Å². The molecule has 0 aliphatic carbocycles. The summed E-state index contributed by atoms with van der Waals surface area (Å²) in [7, 11) is 1.61. The van der Waals surface area contributed by atoms with Gasteiger partial charge in [0, 0.05) is 56.7 Å². The van der Waals surface area contributed by atoms with Gasteiger partial charge in [-0.25, -0.2) is 4.98 Å². The molecule has 0 radical (unpaired) electrons. The van der Waals surface area contributed by atoms with Gasteiger partial charge in [0.15, 0.2) is 0 Å². The lowest BCUT2D eigenvalue weighted by Crippen LogP contribution is -2.35. The van der Waals surface area contributed by atoms with Gasteiger partial charge in [-0.05, 0) is 54.2 Å². The Hall–Kier alpha value is -4.85. The minimum atomic E-state index is -0.576. The third-order valence-electron chi connectivity index (χ3n) is 7.28. The number of aromatic nitrogens is 3. The Bertz CT molecular complexity index is 1510. The van der Waals surface area contributed by atoms with E-state index in [1.807, 2.05) is 71.5 Å². The van der Waals surface area contributed by atoms with Gasteiger partial charge in [-0.3, -0.25) is 14.3 Å². The van der Waals surface area contributed by atoms with Gasteiger partial charge in [-0.2, -0.15) is 10.4 Å². The third kappa shape index (κ3) is 9.59. The Balaban J connectivity index is 1.31. The van der Waals surface area contributed by atoms with E-state index >= 15 is 0 Å². The molecule has 10 nitrogen and oxygen atoms in total. The monoisotopic (exact) mass is 593 g/mol. The van der Waals surface area contributed by atoms with Crippen LogP contribution in [0.15, 0.2) is 85.3 Å². The predicted octanol–water partition coefficient (Wildman–Crippen LogP) is 4.82. The topological polar surface area (TPSA) is 134 Å². The summed E-state index contributed by atoms with van der Waals surface area (Å²) in [4.78, 5) is 29.8. The molecule has 0 fully saturated rings. The molecule has 2 atom stereocenters. The molecule has 0 saturated carbocycles. The van der Waals surface area contributed by atoms with E-state index in [1.54, 1.807) is 25.6 Å². The van der Waals surface area contributed by atoms with Crippen molar-refractivity contribution in [1.82, 2.24) is 25.4 Å². The molecule has 44 heavy (non-hydrogen) atoms. The molecule has 2 heterocycles. The Morgan fingerprint density at radius 3 is 2.48 bits per heavy atom. The van der Waals surface area contributed by atoms with Gasteiger partial charge in [0.05, 0.1) is 24.4 Å². The molecule has 2 amide bonds. The van der Waals surface area contributed by atoms with Crippen LogP contribution >= 0.6 is 0 Å². The quantitative estimate of drug-likeness (QED) is 0.159. The summed E-state index contributed by atoms with van der Waals surface area (Å²) in [5, 5.41) is 22.7. The molecule has 0 aliphatic rings. The number of anilines is 1. The molecule has 2 unspecified atom stereocenters. The number of rotatable bonds is 16. The fourth-order valence-corrected chi connectivity index (χ4v) is 4.72. The molecule has 4 aromatic rings. The summed E-state index contributed by atoms with van der Waals surface area (Å²) in [6.45, 7) is 4.40. The molecular weight excluding hydrogens is 554 g/mol. The minimum Gasteiger partial charge on any atom is -0.383 e. The van der Waals surface area contributed by atoms with E-state index in [0.717, 1.165) is 35.1 Å². The maximum Gasteiger partial charge on any atom is 0.247 e. The number of pyridine rings is 1. The average molecular weight is 594 g/mol. The summed E-state index contributed by atoms with van der Waals surface area (Å²) in [5.74, 6) is 0.414. The van der Waals surface area contributed by atoms with Crippen molar-refractivity contribution in [3.63, 3.8) is 0 Å². The summed E-state index contributed by atoms with van der Waals surface area (Å²) < 4.78 is 6.80. The van der Waals surface area contributed by atoms with Gasteiger partial charge >= 0.3 is 0 Å². The van der Waals surface area contributed by atoms with Crippen molar-refractivity contribution in [3.8, 4) is 17.2 Å². The molecule has 0 saturated heterocycles. The van der Waals surface area contributed by atoms with Crippen molar-refractivity contribution in [2.45, 2.75) is 44.7 Å². The van der Waals surface area contributed by atoms with Gasteiger partial charge in [0.25, 0.3) is 0 Å². The predicted molar refractivity (Wildman–Crippen MR) is 170 cm³/mol. The van der Waals surface area contributed by atoms with E-state index in [1.165, 1.54) is 0 Å². The highest BCUT2D eigenvalue weighted by atomic mass is 16.5. The first-order valence-electron chi connectivity index (χ1n) is 14.8. The molecule has 0 bridgehead atoms. The summed E-state index contributed by atoms with van der Waals surface area (Å²) in [6, 6.07) is 22.4. The van der Waals surface area contributed by atoms with Crippen LogP contribution in [0.5, 0.6) is 0 Å². The largest absolute Gasteiger partial charge is 0.383 e. The first kappa shape index (κ1) is 32.1. The molecule has 2 aromatic heterocycles. The van der Waals surface area contributed by atoms with Crippen molar-refractivity contribution in [2.24, 2.45) is 0 Å². The summed E-state index contributed by atoms with van der Waals surface area (Å²) >= 11 is 0. The Labute approximate surface area is 258 Å². The smallest absolute Gasteiger partial charge is 0.247 e. The molecule has 10 heteroatoms. The van der Waals surface area contributed by atoms with Crippen LogP contribution in [0, 0.1) is 11.3 Å². The first-order chi connectivity index (χ1) is 21.5. The van der Waals surface area contributed by atoms with Crippen LogP contribution in [0.25, 0.3) is 11.1 Å². The number of hydrogen-bond donors (Lipinski definition) is 3. The van der Waals surface area contributed by atoms with Crippen LogP contribution in [0.4, 0.5) is 5.82 Å². The second-order valence-electron chi connectivity index (χ2n) is 10.6. The Morgan fingerprint density at radius 1 is 0.977 bits per heavy atom. The molecule has 2 aromatic carbocycles. The van der Waals surface area contributed by atoms with Gasteiger partial charge in [0.1, 0.15) is 11.9 Å². The lowest BCUT2D eigenvalue weighted by atomic mass is 9.98. The molecule has 228 valence electrons. The highest BCUT2D eigenvalue weighted by Crippen LogP contribution is 2.22. The number of amides is 2. The van der Waals surface area contributed by atoms with E-state index in [9.17, 15) is 9.59 Å². The number of benzene rings is 2. The lowest BCUT2D eigenvalue weighted by Gasteiger charge is -2.21. The van der Waals surface area contributed by atoms with Crippen molar-refractivity contribution in [3.05, 3.63) is 102 Å². The molecule has 4 rings (SSSR count). The zero-order valence-corrected chi connectivity index (χ0v) is 25.2. The number of nitriles is 1. The second-order valence-corrected chi connectivity index (χ2v) is 10.6. The highest BCUT2D eigenvalue weighted by molar-refractivity contribution is 5.95. The van der Waals surface area contributed by atoms with Crippen LogP contribution < -0.4 is 16.0 Å². The van der Waals surface area contributed by atoms with Gasteiger partial charge in [-0.1, -0.05) is 49.4 Å². The average Bonchev–Trinajstić information content (AvgIpc) is 3.53. The number of aryl methyl sites for hydroxylation is 1. The van der Waals surface area contributed by atoms with Crippen LogP contribution in [-0.4, -0.2) is 53.4 Å². The van der Waals surface area contributed by atoms with Gasteiger partial charge in [-0.15, -0.1) is 0 Å². The number of nitrogens with one attached hydrogen (secondary N) is 3. The standard InChI is InChI=1S/C34H39N7O3/c1-25(27-13-11-26(20-35)12-14-27)21-38-33(28-8-4-3-5-9-28)34(43)40-31-16-15-29(22-37-31)30-23-39-41(24-30)18-7-6-10-32(42)36-17-19-44-2/h3-5,8-9,11-16,22-25,33,38H,6-7,10,17-19,21H2,1-2H3,(H,36,42)(H,37,40,43). The number of carbonyl (C=O) groups is 2. The van der Waals surface area contributed by atoms with Gasteiger partial charge in [0.2, 0.25) is 11.8 Å². The fourth-order valence-electron chi connectivity index (χ4n) is 4.72. The summed E-state index contributed by atoms with van der Waals surface area (Å²) in [5.41, 5.74) is 4.38. The lowest BCUT2D eigenvalue weighted by molar-refractivity contribution is -0.121. The third-order valence-corrected chi connectivity index (χ3v) is 7.28. The maximum atomic E-state index is 13.4. The van der Waals surface area contributed by atoms with E-state index in [-0.39, 0.29) is 17.7 Å². The summed E-state index contributed by atoms with van der Waals surface area (Å²) in [6.07, 6.45) is 7.56. The minimum absolute atomic E-state index is 0.0324. The van der Waals surface area contributed by atoms with Gasteiger partial charge < -0.3 is 20.7 Å². The fraction of sp³-hybridized carbons (Fsp3) is 0.324. The zero-order valence-electron chi connectivity index (χ0n) is 25.2. The number of hydrogen-bond acceptors (Lipinski definition) is 7. The SMILES string of the molecule is COCCNC(=O)CCCCn1cc(-c2ccc(NC(=O)C(NCC(C)c3ccc(C#N)cc3)c3ccccc3)nc2)cn1. The number of unbranched alkanes of at least 4 members (excludes halogenated alkanes) is 1. The van der Waals surface area contributed by atoms with Crippen LogP contribution in [0.3, 0.4) is 0 Å². The normalized spacial score (nSPS) is 12.2. The molecular formula is C34H39N7O3.